The Morgan fingerprint density at radius 1 is 1.35 bits per heavy atom. The van der Waals surface area contributed by atoms with Gasteiger partial charge in [-0.15, -0.1) is 12.4 Å². The minimum atomic E-state index is 0. The van der Waals surface area contributed by atoms with Gasteiger partial charge in [0, 0.05) is 19.7 Å². The minimum absolute atomic E-state index is 0. The lowest BCUT2D eigenvalue weighted by Gasteiger charge is -2.17. The van der Waals surface area contributed by atoms with Crippen LogP contribution in [0.15, 0.2) is 0 Å². The van der Waals surface area contributed by atoms with Crippen molar-refractivity contribution in [3.8, 4) is 0 Å². The van der Waals surface area contributed by atoms with Crippen LogP contribution in [0.5, 0.6) is 0 Å². The predicted molar refractivity (Wildman–Crippen MR) is 73.7 cm³/mol. The van der Waals surface area contributed by atoms with E-state index in [-0.39, 0.29) is 24.4 Å². The van der Waals surface area contributed by atoms with Gasteiger partial charge in [0.2, 0.25) is 5.91 Å². The molecule has 0 aromatic rings. The quantitative estimate of drug-likeness (QED) is 0.623. The fourth-order valence-corrected chi connectivity index (χ4v) is 1.53. The molecule has 2 atom stereocenters. The van der Waals surface area contributed by atoms with Gasteiger partial charge in [-0.2, -0.15) is 0 Å². The molecule has 0 aromatic heterocycles. The van der Waals surface area contributed by atoms with Gasteiger partial charge in [-0.1, -0.05) is 20.3 Å². The summed E-state index contributed by atoms with van der Waals surface area (Å²) in [5.74, 6) is 0.726. The molecule has 104 valence electrons. The van der Waals surface area contributed by atoms with Gasteiger partial charge in [0.05, 0.1) is 13.2 Å². The number of methoxy groups -OCH3 is 1. The van der Waals surface area contributed by atoms with Crippen molar-refractivity contribution in [1.29, 1.82) is 0 Å². The first kappa shape index (κ1) is 19.0. The summed E-state index contributed by atoms with van der Waals surface area (Å²) >= 11 is 0. The Bertz CT molecular complexity index is 191. The molecule has 0 rings (SSSR count). The Kier molecular flexibility index (Phi) is 13.6. The van der Waals surface area contributed by atoms with E-state index in [2.05, 4.69) is 31.4 Å². The lowest BCUT2D eigenvalue weighted by molar-refractivity contribution is -0.120. The van der Waals surface area contributed by atoms with Crippen molar-refractivity contribution in [2.24, 2.45) is 5.92 Å². The zero-order valence-electron chi connectivity index (χ0n) is 11.4. The Morgan fingerprint density at radius 2 is 2.00 bits per heavy atom. The molecule has 17 heavy (non-hydrogen) atoms. The molecular formula is C12H27ClN2O2. The zero-order chi connectivity index (χ0) is 12.4. The van der Waals surface area contributed by atoms with Crippen molar-refractivity contribution in [2.75, 3.05) is 26.8 Å². The van der Waals surface area contributed by atoms with Gasteiger partial charge in [0.15, 0.2) is 0 Å². The molecule has 0 heterocycles. The molecule has 0 saturated carbocycles. The first-order valence-electron chi connectivity index (χ1n) is 6.09. The largest absolute Gasteiger partial charge is 0.383 e. The summed E-state index contributed by atoms with van der Waals surface area (Å²) in [6, 6.07) is 0.256. The smallest absolute Gasteiger partial charge is 0.234 e. The highest BCUT2D eigenvalue weighted by molar-refractivity contribution is 5.85. The topological polar surface area (TPSA) is 50.4 Å². The molecule has 5 heteroatoms. The van der Waals surface area contributed by atoms with Gasteiger partial charge in [0.25, 0.3) is 0 Å². The number of nitrogens with one attached hydrogen (secondary N) is 2. The van der Waals surface area contributed by atoms with Crippen molar-refractivity contribution in [3.05, 3.63) is 0 Å². The number of hydrogen-bond donors (Lipinski definition) is 2. The number of halogens is 1. The van der Waals surface area contributed by atoms with Gasteiger partial charge in [-0.25, -0.2) is 0 Å². The summed E-state index contributed by atoms with van der Waals surface area (Å²) in [5.41, 5.74) is 0. The van der Waals surface area contributed by atoms with Gasteiger partial charge in [-0.05, 0) is 19.3 Å². The second kappa shape index (κ2) is 12.1. The average molecular weight is 267 g/mol. The molecule has 0 aliphatic heterocycles. The van der Waals surface area contributed by atoms with Gasteiger partial charge < -0.3 is 15.4 Å². The molecule has 0 bridgehead atoms. The highest BCUT2D eigenvalue weighted by Gasteiger charge is 2.09. The third-order valence-corrected chi connectivity index (χ3v) is 2.63. The number of amides is 1. The highest BCUT2D eigenvalue weighted by atomic mass is 35.5. The molecule has 4 nitrogen and oxygen atoms in total. The number of rotatable bonds is 9. The van der Waals surface area contributed by atoms with Crippen LogP contribution in [-0.4, -0.2) is 38.8 Å². The molecule has 0 fully saturated rings. The minimum Gasteiger partial charge on any atom is -0.383 e. The van der Waals surface area contributed by atoms with Crippen LogP contribution in [0.2, 0.25) is 0 Å². The average Bonchev–Trinajstić information content (AvgIpc) is 2.24. The molecular weight excluding hydrogens is 240 g/mol. The standard InChI is InChI=1S/C12H26N2O2.ClH/c1-5-10(2)8-11(3)14-12(15)9-13-6-7-16-4;/h10-11,13H,5-9H2,1-4H3,(H,14,15);1H. The van der Waals surface area contributed by atoms with E-state index >= 15 is 0 Å². The van der Waals surface area contributed by atoms with Crippen molar-refractivity contribution < 1.29 is 9.53 Å². The van der Waals surface area contributed by atoms with Crippen LogP contribution in [0.1, 0.15) is 33.6 Å². The first-order chi connectivity index (χ1) is 7.60. The van der Waals surface area contributed by atoms with Gasteiger partial charge >= 0.3 is 0 Å². The second-order valence-electron chi connectivity index (χ2n) is 4.39. The number of ether oxygens (including phenoxy) is 1. The van der Waals surface area contributed by atoms with Crippen LogP contribution >= 0.6 is 12.4 Å². The van der Waals surface area contributed by atoms with E-state index in [0.29, 0.717) is 25.6 Å². The number of carbonyl (C=O) groups is 1. The molecule has 0 aromatic carbocycles. The van der Waals surface area contributed by atoms with E-state index < -0.39 is 0 Å². The summed E-state index contributed by atoms with van der Waals surface area (Å²) in [6.45, 7) is 8.15. The normalized spacial score (nSPS) is 13.6. The fourth-order valence-electron chi connectivity index (χ4n) is 1.53. The van der Waals surface area contributed by atoms with Gasteiger partial charge in [-0.3, -0.25) is 4.79 Å². The maximum Gasteiger partial charge on any atom is 0.234 e. The van der Waals surface area contributed by atoms with E-state index in [1.807, 2.05) is 0 Å². The van der Waals surface area contributed by atoms with E-state index in [0.717, 1.165) is 12.8 Å². The van der Waals surface area contributed by atoms with Crippen LogP contribution in [0.4, 0.5) is 0 Å². The zero-order valence-corrected chi connectivity index (χ0v) is 12.2. The van der Waals surface area contributed by atoms with E-state index in [4.69, 9.17) is 4.74 Å². The number of hydrogen-bond acceptors (Lipinski definition) is 3. The SMILES string of the molecule is CCC(C)CC(C)NC(=O)CNCCOC.Cl. The predicted octanol–water partition coefficient (Wildman–Crippen LogP) is 1.59. The maximum absolute atomic E-state index is 11.5. The lowest BCUT2D eigenvalue weighted by atomic mass is 10.0. The third-order valence-electron chi connectivity index (χ3n) is 2.63. The van der Waals surface area contributed by atoms with Crippen LogP contribution in [-0.2, 0) is 9.53 Å². The Morgan fingerprint density at radius 3 is 2.53 bits per heavy atom. The summed E-state index contributed by atoms with van der Waals surface area (Å²) in [4.78, 5) is 11.5. The van der Waals surface area contributed by atoms with Crippen LogP contribution in [0, 0.1) is 5.92 Å². The van der Waals surface area contributed by atoms with Crippen LogP contribution in [0.25, 0.3) is 0 Å². The molecule has 0 radical (unpaired) electrons. The molecule has 2 unspecified atom stereocenters. The molecule has 0 aliphatic rings. The summed E-state index contributed by atoms with van der Waals surface area (Å²) < 4.78 is 4.88. The van der Waals surface area contributed by atoms with Crippen LogP contribution in [0.3, 0.4) is 0 Å². The lowest BCUT2D eigenvalue weighted by Crippen LogP contribution is -2.40. The molecule has 0 spiro atoms. The third kappa shape index (κ3) is 11.9. The summed E-state index contributed by atoms with van der Waals surface area (Å²) in [6.07, 6.45) is 2.20. The Labute approximate surface area is 111 Å². The molecule has 0 aliphatic carbocycles. The van der Waals surface area contributed by atoms with E-state index in [1.54, 1.807) is 7.11 Å². The number of carbonyl (C=O) groups excluding carboxylic acids is 1. The Hall–Kier alpha value is -0.320. The fraction of sp³-hybridized carbons (Fsp3) is 0.917. The first-order valence-corrected chi connectivity index (χ1v) is 6.09. The maximum atomic E-state index is 11.5. The Balaban J connectivity index is 0. The summed E-state index contributed by atoms with van der Waals surface area (Å²) in [5, 5.41) is 6.00. The van der Waals surface area contributed by atoms with E-state index in [9.17, 15) is 4.79 Å². The van der Waals surface area contributed by atoms with E-state index in [1.165, 1.54) is 0 Å². The van der Waals surface area contributed by atoms with Crippen molar-refractivity contribution >= 4 is 18.3 Å². The van der Waals surface area contributed by atoms with Crippen molar-refractivity contribution in [2.45, 2.75) is 39.7 Å². The van der Waals surface area contributed by atoms with Crippen molar-refractivity contribution in [3.63, 3.8) is 0 Å². The molecule has 0 saturated heterocycles. The summed E-state index contributed by atoms with van der Waals surface area (Å²) in [7, 11) is 1.65. The van der Waals surface area contributed by atoms with Crippen LogP contribution < -0.4 is 10.6 Å². The molecule has 1 amide bonds. The second-order valence-corrected chi connectivity index (χ2v) is 4.39. The molecule has 2 N–H and O–H groups in total. The monoisotopic (exact) mass is 266 g/mol. The van der Waals surface area contributed by atoms with Crippen molar-refractivity contribution in [1.82, 2.24) is 10.6 Å². The van der Waals surface area contributed by atoms with Gasteiger partial charge in [0.1, 0.15) is 0 Å². The highest BCUT2D eigenvalue weighted by Crippen LogP contribution is 2.08.